The molecule has 0 saturated carbocycles. The second kappa shape index (κ2) is 6.97. The summed E-state index contributed by atoms with van der Waals surface area (Å²) in [4.78, 5) is 12.1. The van der Waals surface area contributed by atoms with Crippen molar-refractivity contribution in [1.29, 1.82) is 0 Å². The van der Waals surface area contributed by atoms with E-state index in [0.29, 0.717) is 12.0 Å². The minimum Gasteiger partial charge on any atom is -0.435 e. The topological polar surface area (TPSA) is 26.3 Å². The van der Waals surface area contributed by atoms with Crippen molar-refractivity contribution >= 4 is 5.78 Å². The van der Waals surface area contributed by atoms with Crippen LogP contribution in [-0.4, -0.2) is 12.4 Å². The van der Waals surface area contributed by atoms with Gasteiger partial charge in [0.2, 0.25) is 0 Å². The summed E-state index contributed by atoms with van der Waals surface area (Å²) in [6.07, 6.45) is 1.25. The lowest BCUT2D eigenvalue weighted by Gasteiger charge is -2.06. The quantitative estimate of drug-likeness (QED) is 0.742. The summed E-state index contributed by atoms with van der Waals surface area (Å²) in [5, 5.41) is 0. The van der Waals surface area contributed by atoms with Gasteiger partial charge in [-0.1, -0.05) is 31.2 Å². The third-order valence-electron chi connectivity index (χ3n) is 3.20. The number of hydrogen-bond acceptors (Lipinski definition) is 2. The Morgan fingerprint density at radius 3 is 2.10 bits per heavy atom. The van der Waals surface area contributed by atoms with E-state index in [2.05, 4.69) is 11.7 Å². The van der Waals surface area contributed by atoms with Crippen LogP contribution in [0.25, 0.3) is 0 Å². The molecule has 0 fully saturated rings. The van der Waals surface area contributed by atoms with Gasteiger partial charge in [-0.05, 0) is 41.8 Å². The fourth-order valence-electron chi connectivity index (χ4n) is 2.00. The normalized spacial score (nSPS) is 10.7. The van der Waals surface area contributed by atoms with Gasteiger partial charge in [-0.25, -0.2) is 0 Å². The molecule has 21 heavy (non-hydrogen) atoms. The van der Waals surface area contributed by atoms with E-state index in [1.807, 2.05) is 24.3 Å². The molecule has 0 amide bonds. The van der Waals surface area contributed by atoms with E-state index in [1.165, 1.54) is 29.8 Å². The van der Waals surface area contributed by atoms with Gasteiger partial charge in [0.1, 0.15) is 5.75 Å². The van der Waals surface area contributed by atoms with Gasteiger partial charge in [0.05, 0.1) is 0 Å². The van der Waals surface area contributed by atoms with Gasteiger partial charge in [0.15, 0.2) is 5.78 Å². The number of halogens is 2. The Labute approximate surface area is 122 Å². The van der Waals surface area contributed by atoms with E-state index in [4.69, 9.17) is 0 Å². The maximum atomic E-state index is 12.1. The van der Waals surface area contributed by atoms with Crippen LogP contribution in [-0.2, 0) is 12.8 Å². The zero-order valence-electron chi connectivity index (χ0n) is 11.7. The van der Waals surface area contributed by atoms with Crippen LogP contribution >= 0.6 is 0 Å². The Kier molecular flexibility index (Phi) is 5.04. The molecule has 4 heteroatoms. The van der Waals surface area contributed by atoms with E-state index in [0.717, 1.165) is 12.0 Å². The third kappa shape index (κ3) is 4.38. The van der Waals surface area contributed by atoms with Gasteiger partial charge in [0, 0.05) is 12.0 Å². The average molecular weight is 290 g/mol. The number of carbonyl (C=O) groups is 1. The molecule has 0 radical (unpaired) electrons. The van der Waals surface area contributed by atoms with Crippen molar-refractivity contribution in [1.82, 2.24) is 0 Å². The number of benzene rings is 2. The van der Waals surface area contributed by atoms with Crippen molar-refractivity contribution in [2.45, 2.75) is 26.4 Å². The monoisotopic (exact) mass is 290 g/mol. The van der Waals surface area contributed by atoms with Gasteiger partial charge in [-0.3, -0.25) is 4.79 Å². The van der Waals surface area contributed by atoms with Crippen LogP contribution < -0.4 is 4.74 Å². The van der Waals surface area contributed by atoms with Crippen molar-refractivity contribution in [3.8, 4) is 5.75 Å². The summed E-state index contributed by atoms with van der Waals surface area (Å²) in [6.45, 7) is -0.785. The molecule has 2 aromatic carbocycles. The van der Waals surface area contributed by atoms with Gasteiger partial charge >= 0.3 is 6.61 Å². The van der Waals surface area contributed by atoms with Gasteiger partial charge in [0.25, 0.3) is 0 Å². The molecule has 110 valence electrons. The summed E-state index contributed by atoms with van der Waals surface area (Å²) in [6, 6.07) is 13.6. The molecule has 0 bridgehead atoms. The minimum atomic E-state index is -2.86. The highest BCUT2D eigenvalue weighted by molar-refractivity contribution is 5.97. The first kappa shape index (κ1) is 15.2. The number of rotatable bonds is 6. The van der Waals surface area contributed by atoms with Crippen LogP contribution in [0, 0.1) is 0 Å². The van der Waals surface area contributed by atoms with Crippen LogP contribution in [0.5, 0.6) is 5.75 Å². The lowest BCUT2D eigenvalue weighted by Crippen LogP contribution is -2.05. The van der Waals surface area contributed by atoms with Crippen molar-refractivity contribution in [3.63, 3.8) is 0 Å². The van der Waals surface area contributed by atoms with Crippen LogP contribution in [0.2, 0.25) is 0 Å². The van der Waals surface area contributed by atoms with Crippen LogP contribution in [0.3, 0.4) is 0 Å². The summed E-state index contributed by atoms with van der Waals surface area (Å²) in [7, 11) is 0. The molecule has 0 aromatic heterocycles. The molecular weight excluding hydrogens is 274 g/mol. The largest absolute Gasteiger partial charge is 0.435 e. The van der Waals surface area contributed by atoms with Gasteiger partial charge in [-0.15, -0.1) is 0 Å². The Morgan fingerprint density at radius 2 is 1.57 bits per heavy atom. The first-order valence-corrected chi connectivity index (χ1v) is 6.74. The Balaban J connectivity index is 2.02. The van der Waals surface area contributed by atoms with Gasteiger partial charge in [-0.2, -0.15) is 8.78 Å². The first-order chi connectivity index (χ1) is 10.1. The van der Waals surface area contributed by atoms with E-state index >= 15 is 0 Å². The maximum absolute atomic E-state index is 12.1. The zero-order valence-corrected chi connectivity index (χ0v) is 11.7. The zero-order chi connectivity index (χ0) is 15.2. The van der Waals surface area contributed by atoms with Crippen molar-refractivity contribution < 1.29 is 18.3 Å². The first-order valence-electron chi connectivity index (χ1n) is 6.74. The summed E-state index contributed by atoms with van der Waals surface area (Å²) >= 11 is 0. The predicted octanol–water partition coefficient (Wildman–Crippen LogP) is 4.28. The van der Waals surface area contributed by atoms with E-state index in [-0.39, 0.29) is 11.5 Å². The number of alkyl halides is 2. The summed E-state index contributed by atoms with van der Waals surface area (Å²) < 4.78 is 28.3. The molecule has 2 nitrogen and oxygen atoms in total. The Hall–Kier alpha value is -2.23. The predicted molar refractivity (Wildman–Crippen MR) is 76.9 cm³/mol. The van der Waals surface area contributed by atoms with Crippen LogP contribution in [0.4, 0.5) is 8.78 Å². The van der Waals surface area contributed by atoms with Crippen molar-refractivity contribution in [2.24, 2.45) is 0 Å². The Morgan fingerprint density at radius 1 is 1.00 bits per heavy atom. The van der Waals surface area contributed by atoms with Crippen LogP contribution in [0.1, 0.15) is 28.4 Å². The second-order valence-electron chi connectivity index (χ2n) is 4.67. The van der Waals surface area contributed by atoms with Gasteiger partial charge < -0.3 is 4.74 Å². The molecule has 0 aliphatic heterocycles. The third-order valence-corrected chi connectivity index (χ3v) is 3.20. The van der Waals surface area contributed by atoms with E-state index in [1.54, 1.807) is 0 Å². The number of ether oxygens (including phenoxy) is 1. The number of carbonyl (C=O) groups excluding carboxylic acids is 1. The SMILES string of the molecule is CCc1ccc(CC(=O)c2ccc(OC(F)F)cc2)cc1. The number of Topliss-reactive ketones (excluding diaryl/α,β-unsaturated/α-hetero) is 1. The average Bonchev–Trinajstić information content (AvgIpc) is 2.48. The smallest absolute Gasteiger partial charge is 0.387 e. The van der Waals surface area contributed by atoms with Crippen molar-refractivity contribution in [3.05, 3.63) is 65.2 Å². The number of ketones is 1. The molecule has 0 saturated heterocycles. The minimum absolute atomic E-state index is 0.0499. The lowest BCUT2D eigenvalue weighted by molar-refractivity contribution is -0.0498. The van der Waals surface area contributed by atoms with Crippen LogP contribution in [0.15, 0.2) is 48.5 Å². The molecule has 0 heterocycles. The van der Waals surface area contributed by atoms with E-state index in [9.17, 15) is 13.6 Å². The number of hydrogen-bond donors (Lipinski definition) is 0. The summed E-state index contributed by atoms with van der Waals surface area (Å²) in [5.74, 6) is -0.00306. The molecule has 0 spiro atoms. The van der Waals surface area contributed by atoms with E-state index < -0.39 is 6.61 Å². The molecule has 0 aliphatic rings. The molecule has 0 atom stereocenters. The second-order valence-corrected chi connectivity index (χ2v) is 4.67. The fraction of sp³-hybridized carbons (Fsp3) is 0.235. The standard InChI is InChI=1S/C17H16F2O2/c1-2-12-3-5-13(6-4-12)11-16(20)14-7-9-15(10-8-14)21-17(18)19/h3-10,17H,2,11H2,1H3. The molecular formula is C17H16F2O2. The highest BCUT2D eigenvalue weighted by atomic mass is 19.3. The molecule has 2 rings (SSSR count). The highest BCUT2D eigenvalue weighted by Gasteiger charge is 2.09. The van der Waals surface area contributed by atoms with Crippen molar-refractivity contribution in [2.75, 3.05) is 0 Å². The lowest BCUT2D eigenvalue weighted by atomic mass is 10.0. The molecule has 2 aromatic rings. The molecule has 0 unspecified atom stereocenters. The molecule has 0 aliphatic carbocycles. The summed E-state index contributed by atoms with van der Waals surface area (Å²) in [5.41, 5.74) is 2.64. The fourth-order valence-corrected chi connectivity index (χ4v) is 2.00. The highest BCUT2D eigenvalue weighted by Crippen LogP contribution is 2.16. The molecule has 0 N–H and O–H groups in total. The maximum Gasteiger partial charge on any atom is 0.387 e. The Bertz CT molecular complexity index is 589. The number of aryl methyl sites for hydroxylation is 1.